The molecule has 0 fully saturated rings. The van der Waals surface area contributed by atoms with E-state index < -0.39 is 41.3 Å². The molecule has 0 radical (unpaired) electrons. The summed E-state index contributed by atoms with van der Waals surface area (Å²) in [5.74, 6) is -10.1. The molecule has 0 saturated carbocycles. The average molecular weight is 375 g/mol. The Balaban J connectivity index is 1.70. The Labute approximate surface area is 150 Å². The van der Waals surface area contributed by atoms with Crippen LogP contribution in [0.4, 0.5) is 22.0 Å². The van der Waals surface area contributed by atoms with Crippen LogP contribution < -0.4 is 0 Å². The van der Waals surface area contributed by atoms with Crippen LogP contribution in [0.3, 0.4) is 0 Å². The predicted molar refractivity (Wildman–Crippen MR) is 88.5 cm³/mol. The molecule has 4 rings (SSSR count). The lowest BCUT2D eigenvalue weighted by molar-refractivity contribution is 0.123. The molecule has 0 aromatic heterocycles. The van der Waals surface area contributed by atoms with Crippen LogP contribution in [-0.4, -0.2) is 5.71 Å². The Morgan fingerprint density at radius 1 is 0.593 bits per heavy atom. The Bertz CT molecular complexity index is 1020. The zero-order valence-corrected chi connectivity index (χ0v) is 13.6. The van der Waals surface area contributed by atoms with Crippen molar-refractivity contribution in [3.8, 4) is 11.1 Å². The molecule has 0 saturated heterocycles. The summed E-state index contributed by atoms with van der Waals surface area (Å²) >= 11 is 0. The van der Waals surface area contributed by atoms with Crippen LogP contribution in [0.1, 0.15) is 16.7 Å². The average Bonchev–Trinajstić information content (AvgIpc) is 3.02. The van der Waals surface area contributed by atoms with Gasteiger partial charge in [0.25, 0.3) is 0 Å². The number of benzene rings is 3. The van der Waals surface area contributed by atoms with Crippen LogP contribution in [0.2, 0.25) is 0 Å². The van der Waals surface area contributed by atoms with Gasteiger partial charge in [-0.3, -0.25) is 0 Å². The number of hydrogen-bond acceptors (Lipinski definition) is 2. The van der Waals surface area contributed by atoms with Gasteiger partial charge in [0.2, 0.25) is 5.82 Å². The first-order chi connectivity index (χ1) is 13.0. The third-order valence-corrected chi connectivity index (χ3v) is 4.32. The van der Waals surface area contributed by atoms with E-state index in [1.54, 1.807) is 24.3 Å². The van der Waals surface area contributed by atoms with Gasteiger partial charge in [-0.2, -0.15) is 0 Å². The van der Waals surface area contributed by atoms with Crippen LogP contribution in [0, 0.1) is 29.1 Å². The maximum absolute atomic E-state index is 13.7. The van der Waals surface area contributed by atoms with Crippen molar-refractivity contribution in [3.05, 3.63) is 94.3 Å². The van der Waals surface area contributed by atoms with E-state index in [1.807, 2.05) is 24.3 Å². The van der Waals surface area contributed by atoms with Crippen LogP contribution in [-0.2, 0) is 11.4 Å². The smallest absolute Gasteiger partial charge is 0.200 e. The third kappa shape index (κ3) is 2.66. The highest BCUT2D eigenvalue weighted by Crippen LogP contribution is 2.36. The molecule has 3 aromatic rings. The number of fused-ring (bicyclic) bond motifs is 3. The maximum Gasteiger partial charge on any atom is 0.200 e. The normalized spacial score (nSPS) is 12.0. The van der Waals surface area contributed by atoms with E-state index in [0.29, 0.717) is 5.71 Å². The van der Waals surface area contributed by atoms with E-state index in [4.69, 9.17) is 4.84 Å². The summed E-state index contributed by atoms with van der Waals surface area (Å²) in [6.45, 7) is -0.903. The Morgan fingerprint density at radius 2 is 1.00 bits per heavy atom. The van der Waals surface area contributed by atoms with Gasteiger partial charge in [-0.15, -0.1) is 0 Å². The molecule has 0 unspecified atom stereocenters. The van der Waals surface area contributed by atoms with Crippen molar-refractivity contribution in [2.75, 3.05) is 0 Å². The Hall–Kier alpha value is -3.22. The second kappa shape index (κ2) is 6.50. The van der Waals surface area contributed by atoms with Gasteiger partial charge in [-0.25, -0.2) is 22.0 Å². The van der Waals surface area contributed by atoms with Crippen molar-refractivity contribution in [3.63, 3.8) is 0 Å². The fourth-order valence-corrected chi connectivity index (χ4v) is 3.03. The SMILES string of the molecule is Fc1c(F)c(F)c(CON=C2c3ccccc3-c3ccccc32)c(F)c1F. The summed E-state index contributed by atoms with van der Waals surface area (Å²) in [5, 5.41) is 3.91. The van der Waals surface area contributed by atoms with Crippen molar-refractivity contribution in [1.82, 2.24) is 0 Å². The first-order valence-corrected chi connectivity index (χ1v) is 7.90. The van der Waals surface area contributed by atoms with Gasteiger partial charge in [-0.1, -0.05) is 53.7 Å². The van der Waals surface area contributed by atoms with Crippen LogP contribution in [0.15, 0.2) is 53.7 Å². The zero-order chi connectivity index (χ0) is 19.1. The van der Waals surface area contributed by atoms with Crippen LogP contribution in [0.5, 0.6) is 0 Å². The van der Waals surface area contributed by atoms with E-state index in [2.05, 4.69) is 5.16 Å². The fourth-order valence-electron chi connectivity index (χ4n) is 3.03. The third-order valence-electron chi connectivity index (χ3n) is 4.32. The van der Waals surface area contributed by atoms with Gasteiger partial charge >= 0.3 is 0 Å². The summed E-state index contributed by atoms with van der Waals surface area (Å²) in [6.07, 6.45) is 0. The second-order valence-electron chi connectivity index (χ2n) is 5.85. The number of rotatable bonds is 3. The van der Waals surface area contributed by atoms with Gasteiger partial charge in [0.1, 0.15) is 12.3 Å². The highest BCUT2D eigenvalue weighted by Gasteiger charge is 2.27. The molecule has 0 amide bonds. The first kappa shape index (κ1) is 17.2. The van der Waals surface area contributed by atoms with Crippen molar-refractivity contribution in [1.29, 1.82) is 0 Å². The number of hydrogen-bond donors (Lipinski definition) is 0. The molecule has 27 heavy (non-hydrogen) atoms. The Kier molecular flexibility index (Phi) is 4.14. The molecule has 0 aliphatic heterocycles. The second-order valence-corrected chi connectivity index (χ2v) is 5.85. The number of nitrogens with zero attached hydrogens (tertiary/aromatic N) is 1. The van der Waals surface area contributed by atoms with Gasteiger partial charge in [0, 0.05) is 11.1 Å². The van der Waals surface area contributed by atoms with E-state index >= 15 is 0 Å². The van der Waals surface area contributed by atoms with E-state index in [-0.39, 0.29) is 0 Å². The van der Waals surface area contributed by atoms with Crippen LogP contribution in [0.25, 0.3) is 11.1 Å². The monoisotopic (exact) mass is 375 g/mol. The molecule has 0 N–H and O–H groups in total. The van der Waals surface area contributed by atoms with E-state index in [1.165, 1.54) is 0 Å². The van der Waals surface area contributed by atoms with Crippen molar-refractivity contribution in [2.24, 2.45) is 5.16 Å². The standard InChI is InChI=1S/C20H10F5NO/c21-15-14(16(22)18(24)19(25)17(15)23)9-27-26-20-12-7-3-1-5-10(12)11-6-2-4-8-13(11)20/h1-8H,9H2. The topological polar surface area (TPSA) is 21.6 Å². The molecule has 0 spiro atoms. The molecule has 2 nitrogen and oxygen atoms in total. The van der Waals surface area contributed by atoms with E-state index in [9.17, 15) is 22.0 Å². The Morgan fingerprint density at radius 3 is 1.48 bits per heavy atom. The lowest BCUT2D eigenvalue weighted by Crippen LogP contribution is -2.08. The van der Waals surface area contributed by atoms with Gasteiger partial charge in [0.05, 0.1) is 5.56 Å². The molecule has 1 aliphatic carbocycles. The molecular weight excluding hydrogens is 365 g/mol. The maximum atomic E-state index is 13.7. The van der Waals surface area contributed by atoms with E-state index in [0.717, 1.165) is 22.3 Å². The highest BCUT2D eigenvalue weighted by atomic mass is 19.2. The molecule has 0 heterocycles. The fraction of sp³-hybridized carbons (Fsp3) is 0.0500. The number of oxime groups is 1. The minimum Gasteiger partial charge on any atom is -0.390 e. The van der Waals surface area contributed by atoms with Crippen molar-refractivity contribution >= 4 is 5.71 Å². The predicted octanol–water partition coefficient (Wildman–Crippen LogP) is 5.33. The van der Waals surface area contributed by atoms with Crippen LogP contribution >= 0.6 is 0 Å². The zero-order valence-electron chi connectivity index (χ0n) is 13.6. The summed E-state index contributed by atoms with van der Waals surface area (Å²) in [4.78, 5) is 4.98. The van der Waals surface area contributed by atoms with Gasteiger partial charge in [-0.05, 0) is 11.1 Å². The van der Waals surface area contributed by atoms with Gasteiger partial charge in [0.15, 0.2) is 23.3 Å². The molecule has 3 aromatic carbocycles. The number of halogens is 5. The molecule has 1 aliphatic rings. The summed E-state index contributed by atoms with van der Waals surface area (Å²) in [7, 11) is 0. The summed E-state index contributed by atoms with van der Waals surface area (Å²) in [6, 6.07) is 14.7. The minimum atomic E-state index is -2.21. The molecule has 136 valence electrons. The highest BCUT2D eigenvalue weighted by molar-refractivity contribution is 6.24. The van der Waals surface area contributed by atoms with Gasteiger partial charge < -0.3 is 4.84 Å². The van der Waals surface area contributed by atoms with Crippen molar-refractivity contribution in [2.45, 2.75) is 6.61 Å². The molecular formula is C20H10F5NO. The molecule has 0 atom stereocenters. The van der Waals surface area contributed by atoms with Crippen molar-refractivity contribution < 1.29 is 26.8 Å². The first-order valence-electron chi connectivity index (χ1n) is 7.90. The lowest BCUT2D eigenvalue weighted by atomic mass is 10.1. The lowest BCUT2D eigenvalue weighted by Gasteiger charge is -2.08. The quantitative estimate of drug-likeness (QED) is 0.205. The molecule has 0 bridgehead atoms. The molecule has 7 heteroatoms. The summed E-state index contributed by atoms with van der Waals surface area (Å²) in [5.41, 5.74) is 2.66. The largest absolute Gasteiger partial charge is 0.390 e. The minimum absolute atomic E-state index is 0.421. The summed E-state index contributed by atoms with van der Waals surface area (Å²) < 4.78 is 67.1.